The molecule has 27 heavy (non-hydrogen) atoms. The molecule has 1 aliphatic rings. The van der Waals surface area contributed by atoms with Crippen LogP contribution in [0.2, 0.25) is 5.02 Å². The maximum Gasteiger partial charge on any atom is 0.251 e. The third-order valence-corrected chi connectivity index (χ3v) is 4.91. The zero-order valence-electron chi connectivity index (χ0n) is 14.6. The molecule has 0 aliphatic heterocycles. The molecule has 0 atom stereocenters. The number of anilines is 2. The van der Waals surface area contributed by atoms with Crippen molar-refractivity contribution < 1.29 is 4.79 Å². The van der Waals surface area contributed by atoms with Crippen LogP contribution in [0.25, 0.3) is 10.9 Å². The molecule has 2 heterocycles. The second kappa shape index (κ2) is 6.55. The first kappa shape index (κ1) is 17.3. The number of benzene rings is 1. The lowest BCUT2D eigenvalue weighted by Gasteiger charge is -2.12. The van der Waals surface area contributed by atoms with Gasteiger partial charge in [0.15, 0.2) is 0 Å². The molecular weight excluding hydrogens is 366 g/mol. The highest BCUT2D eigenvalue weighted by Gasteiger charge is 2.26. The Morgan fingerprint density at radius 2 is 2.15 bits per heavy atom. The molecule has 1 saturated carbocycles. The summed E-state index contributed by atoms with van der Waals surface area (Å²) in [5, 5.41) is 15.6. The molecule has 1 aromatic carbocycles. The van der Waals surface area contributed by atoms with Crippen LogP contribution in [-0.4, -0.2) is 39.7 Å². The predicted molar refractivity (Wildman–Crippen MR) is 106 cm³/mol. The molecule has 1 aliphatic carbocycles. The van der Waals surface area contributed by atoms with Crippen LogP contribution in [0.4, 0.5) is 11.6 Å². The summed E-state index contributed by atoms with van der Waals surface area (Å²) in [5.41, 5.74) is 8.11. The van der Waals surface area contributed by atoms with E-state index in [0.717, 1.165) is 18.2 Å². The number of nitrogens with one attached hydrogen (secondary N) is 4. The van der Waals surface area contributed by atoms with E-state index >= 15 is 0 Å². The first-order chi connectivity index (χ1) is 13.0. The number of halogens is 1. The van der Waals surface area contributed by atoms with Gasteiger partial charge in [-0.25, -0.2) is 9.97 Å². The highest BCUT2D eigenvalue weighted by atomic mass is 35.5. The van der Waals surface area contributed by atoms with Gasteiger partial charge in [0, 0.05) is 29.6 Å². The number of nitrogen functional groups attached to an aromatic ring is 1. The van der Waals surface area contributed by atoms with E-state index in [1.165, 1.54) is 6.33 Å². The van der Waals surface area contributed by atoms with Crippen LogP contribution in [0.5, 0.6) is 0 Å². The summed E-state index contributed by atoms with van der Waals surface area (Å²) in [5.74, 6) is 0.533. The van der Waals surface area contributed by atoms with Crippen LogP contribution in [0, 0.1) is 5.41 Å². The number of fused-ring (bicyclic) bond motifs is 1. The van der Waals surface area contributed by atoms with Gasteiger partial charge in [-0.1, -0.05) is 17.7 Å². The fourth-order valence-electron chi connectivity index (χ4n) is 2.92. The van der Waals surface area contributed by atoms with Gasteiger partial charge in [0.05, 0.1) is 22.0 Å². The van der Waals surface area contributed by atoms with Crippen molar-refractivity contribution in [2.24, 2.45) is 0 Å². The summed E-state index contributed by atoms with van der Waals surface area (Å²) < 4.78 is 0. The fraction of sp³-hybridized carbons (Fsp3) is 0.222. The van der Waals surface area contributed by atoms with Gasteiger partial charge in [-0.3, -0.25) is 10.2 Å². The van der Waals surface area contributed by atoms with Crippen molar-refractivity contribution in [2.75, 3.05) is 18.1 Å². The minimum absolute atomic E-state index is 0.0962. The van der Waals surface area contributed by atoms with Crippen molar-refractivity contribution in [3.8, 4) is 0 Å². The van der Waals surface area contributed by atoms with Crippen molar-refractivity contribution in [3.63, 3.8) is 0 Å². The summed E-state index contributed by atoms with van der Waals surface area (Å²) in [7, 11) is 1.57. The topological polar surface area (TPSA) is 133 Å². The molecule has 8 nitrogen and oxygen atoms in total. The van der Waals surface area contributed by atoms with Crippen LogP contribution >= 0.6 is 11.6 Å². The van der Waals surface area contributed by atoms with Crippen molar-refractivity contribution in [3.05, 3.63) is 46.4 Å². The Bertz CT molecular complexity index is 1070. The van der Waals surface area contributed by atoms with E-state index in [1.807, 2.05) is 0 Å². The van der Waals surface area contributed by atoms with E-state index in [9.17, 15) is 4.79 Å². The molecule has 3 aromatic rings. The smallest absolute Gasteiger partial charge is 0.251 e. The number of amides is 1. The first-order valence-electron chi connectivity index (χ1n) is 8.49. The molecule has 138 valence electrons. The highest BCUT2D eigenvalue weighted by molar-refractivity contribution is 6.40. The van der Waals surface area contributed by atoms with Gasteiger partial charge in [0.1, 0.15) is 18.0 Å². The fourth-order valence-corrected chi connectivity index (χ4v) is 3.23. The van der Waals surface area contributed by atoms with Gasteiger partial charge < -0.3 is 21.4 Å². The normalized spacial score (nSPS) is 13.6. The van der Waals surface area contributed by atoms with Gasteiger partial charge in [0.2, 0.25) is 0 Å². The monoisotopic (exact) mass is 383 g/mol. The molecule has 0 saturated heterocycles. The number of aromatic nitrogens is 3. The maximum atomic E-state index is 11.9. The van der Waals surface area contributed by atoms with Crippen molar-refractivity contribution in [1.29, 1.82) is 5.41 Å². The van der Waals surface area contributed by atoms with Gasteiger partial charge in [0.25, 0.3) is 5.91 Å². The third-order valence-electron chi connectivity index (χ3n) is 4.52. The second-order valence-corrected chi connectivity index (χ2v) is 6.81. The molecule has 9 heteroatoms. The third kappa shape index (κ3) is 3.08. The Morgan fingerprint density at radius 3 is 2.85 bits per heavy atom. The number of rotatable bonds is 5. The highest BCUT2D eigenvalue weighted by Crippen LogP contribution is 2.33. The van der Waals surface area contributed by atoms with E-state index in [1.54, 1.807) is 25.2 Å². The minimum atomic E-state index is -0.198. The molecule has 1 amide bonds. The standard InChI is InChI=1S/C18H18ClN7O/c1-22-18(27)8-2-5-10-11(6-8)26-15(13(10)19)14(20)12-16(21)23-7-24-17(12)25-9-3-4-9/h2,5-7,9,20,26H,3-4H2,1H3,(H,22,27)(H3,21,23,24,25). The lowest BCUT2D eigenvalue weighted by Crippen LogP contribution is -2.17. The lowest BCUT2D eigenvalue weighted by atomic mass is 10.1. The van der Waals surface area contributed by atoms with E-state index in [4.69, 9.17) is 22.7 Å². The SMILES string of the molecule is CNC(=O)c1ccc2c(Cl)c(C(=N)c3c(N)ncnc3NC3CC3)[nH]c2c1. The van der Waals surface area contributed by atoms with Crippen molar-refractivity contribution in [2.45, 2.75) is 18.9 Å². The van der Waals surface area contributed by atoms with E-state index in [0.29, 0.717) is 39.2 Å². The van der Waals surface area contributed by atoms with Gasteiger partial charge in [-0.05, 0) is 25.0 Å². The predicted octanol–water partition coefficient (Wildman–Crippen LogP) is 2.54. The Kier molecular flexibility index (Phi) is 4.19. The molecule has 1 fully saturated rings. The molecule has 2 aromatic heterocycles. The largest absolute Gasteiger partial charge is 0.383 e. The molecule has 0 spiro atoms. The summed E-state index contributed by atoms with van der Waals surface area (Å²) in [6, 6.07) is 5.49. The van der Waals surface area contributed by atoms with Crippen LogP contribution in [-0.2, 0) is 0 Å². The van der Waals surface area contributed by atoms with Gasteiger partial charge >= 0.3 is 0 Å². The number of carbonyl (C=O) groups excluding carboxylic acids is 1. The molecule has 0 radical (unpaired) electrons. The van der Waals surface area contributed by atoms with E-state index < -0.39 is 0 Å². The zero-order valence-corrected chi connectivity index (χ0v) is 15.3. The average Bonchev–Trinajstić information content (AvgIpc) is 3.42. The minimum Gasteiger partial charge on any atom is -0.383 e. The average molecular weight is 384 g/mol. The Morgan fingerprint density at radius 1 is 1.37 bits per heavy atom. The number of aromatic amines is 1. The Balaban J connectivity index is 1.79. The number of nitrogens with zero attached hydrogens (tertiary/aromatic N) is 2. The molecule has 6 N–H and O–H groups in total. The summed E-state index contributed by atoms with van der Waals surface area (Å²) in [4.78, 5) is 23.3. The van der Waals surface area contributed by atoms with Crippen LogP contribution in [0.15, 0.2) is 24.5 Å². The van der Waals surface area contributed by atoms with E-state index in [-0.39, 0.29) is 17.4 Å². The van der Waals surface area contributed by atoms with Crippen LogP contribution in [0.3, 0.4) is 0 Å². The number of carbonyl (C=O) groups is 1. The summed E-state index contributed by atoms with van der Waals surface area (Å²) >= 11 is 6.52. The second-order valence-electron chi connectivity index (χ2n) is 6.43. The first-order valence-corrected chi connectivity index (χ1v) is 8.87. The summed E-state index contributed by atoms with van der Waals surface area (Å²) in [6.07, 6.45) is 3.50. The molecule has 0 unspecified atom stereocenters. The number of hydrogen-bond acceptors (Lipinski definition) is 6. The van der Waals surface area contributed by atoms with Crippen LogP contribution < -0.4 is 16.4 Å². The molecule has 0 bridgehead atoms. The van der Waals surface area contributed by atoms with E-state index in [2.05, 4.69) is 25.6 Å². The number of nitrogens with two attached hydrogens (primary N) is 1. The Labute approximate surface area is 160 Å². The van der Waals surface area contributed by atoms with Crippen LogP contribution in [0.1, 0.15) is 34.5 Å². The maximum absolute atomic E-state index is 11.9. The van der Waals surface area contributed by atoms with Crippen molar-refractivity contribution >= 4 is 45.8 Å². The number of H-pyrrole nitrogens is 1. The molecular formula is C18H18ClN7O. The zero-order chi connectivity index (χ0) is 19.1. The lowest BCUT2D eigenvalue weighted by molar-refractivity contribution is 0.0963. The number of hydrogen-bond donors (Lipinski definition) is 5. The molecule has 4 rings (SSSR count). The quantitative estimate of drug-likeness (QED) is 0.432. The summed E-state index contributed by atoms with van der Waals surface area (Å²) in [6.45, 7) is 0. The Hall–Kier alpha value is -3.13. The van der Waals surface area contributed by atoms with Crippen molar-refractivity contribution in [1.82, 2.24) is 20.3 Å². The van der Waals surface area contributed by atoms with Gasteiger partial charge in [-0.2, -0.15) is 0 Å². The van der Waals surface area contributed by atoms with Gasteiger partial charge in [-0.15, -0.1) is 0 Å².